The minimum atomic E-state index is -0.283. The molecule has 174 valence electrons. The van der Waals surface area contributed by atoms with Gasteiger partial charge >= 0.3 is 0 Å². The van der Waals surface area contributed by atoms with E-state index in [0.29, 0.717) is 17.9 Å². The maximum atomic E-state index is 14.8. The number of hydrogen-bond donors (Lipinski definition) is 0. The van der Waals surface area contributed by atoms with E-state index in [1.165, 1.54) is 6.07 Å². The van der Waals surface area contributed by atoms with Crippen molar-refractivity contribution in [1.29, 1.82) is 0 Å². The van der Waals surface area contributed by atoms with Gasteiger partial charge in [0.25, 0.3) is 0 Å². The summed E-state index contributed by atoms with van der Waals surface area (Å²) in [7, 11) is 1.58. The summed E-state index contributed by atoms with van der Waals surface area (Å²) in [5.41, 5.74) is 4.32. The summed E-state index contributed by atoms with van der Waals surface area (Å²) in [5, 5.41) is 0. The van der Waals surface area contributed by atoms with Gasteiger partial charge in [-0.3, -0.25) is 4.79 Å². The third-order valence-corrected chi connectivity index (χ3v) is 5.92. The fourth-order valence-corrected chi connectivity index (χ4v) is 3.78. The van der Waals surface area contributed by atoms with Crippen LogP contribution >= 0.6 is 0 Å². The highest BCUT2D eigenvalue weighted by Crippen LogP contribution is 2.36. The lowest BCUT2D eigenvalue weighted by atomic mass is 9.81. The van der Waals surface area contributed by atoms with E-state index in [1.807, 2.05) is 43.3 Å². The summed E-state index contributed by atoms with van der Waals surface area (Å²) in [5.74, 6) is 1.29. The van der Waals surface area contributed by atoms with Gasteiger partial charge in [-0.1, -0.05) is 52.0 Å². The number of ether oxygens (including phenoxy) is 2. The molecule has 3 aromatic carbocycles. The Morgan fingerprint density at radius 1 is 0.909 bits per heavy atom. The summed E-state index contributed by atoms with van der Waals surface area (Å²) in [4.78, 5) is 11.5. The van der Waals surface area contributed by atoms with Crippen LogP contribution in [0, 0.1) is 11.7 Å². The fraction of sp³-hybridized carbons (Fsp3) is 0.345. The van der Waals surface area contributed by atoms with E-state index in [9.17, 15) is 9.18 Å². The largest absolute Gasteiger partial charge is 0.497 e. The van der Waals surface area contributed by atoms with Crippen molar-refractivity contribution in [2.24, 2.45) is 5.92 Å². The molecule has 0 aliphatic rings. The molecule has 0 spiro atoms. The van der Waals surface area contributed by atoms with E-state index in [2.05, 4.69) is 26.8 Å². The van der Waals surface area contributed by atoms with Gasteiger partial charge in [0, 0.05) is 11.5 Å². The maximum Gasteiger partial charge on any atom is 0.132 e. The quantitative estimate of drug-likeness (QED) is 0.367. The number of hydrogen-bond acceptors (Lipinski definition) is 3. The predicted molar refractivity (Wildman–Crippen MR) is 131 cm³/mol. The molecule has 0 saturated heterocycles. The Morgan fingerprint density at radius 3 is 2.15 bits per heavy atom. The zero-order valence-electron chi connectivity index (χ0n) is 20.4. The molecule has 3 nitrogen and oxygen atoms in total. The summed E-state index contributed by atoms with van der Waals surface area (Å²) in [6, 6.07) is 18.7. The van der Waals surface area contributed by atoms with E-state index in [0.717, 1.165) is 34.4 Å². The predicted octanol–water partition coefficient (Wildman–Crippen LogP) is 7.15. The lowest BCUT2D eigenvalue weighted by molar-refractivity contribution is -0.120. The van der Waals surface area contributed by atoms with Gasteiger partial charge in [-0.2, -0.15) is 0 Å². The lowest BCUT2D eigenvalue weighted by Gasteiger charge is -2.24. The van der Waals surface area contributed by atoms with Crippen LogP contribution in [-0.2, 0) is 23.2 Å². The van der Waals surface area contributed by atoms with Crippen molar-refractivity contribution in [3.8, 4) is 22.6 Å². The monoisotopic (exact) mass is 448 g/mol. The molecule has 33 heavy (non-hydrogen) atoms. The van der Waals surface area contributed by atoms with E-state index in [1.54, 1.807) is 26.2 Å². The molecule has 0 aromatic heterocycles. The van der Waals surface area contributed by atoms with Gasteiger partial charge in [-0.15, -0.1) is 0 Å². The molecule has 0 fully saturated rings. The van der Waals surface area contributed by atoms with Crippen LogP contribution in [0.25, 0.3) is 11.1 Å². The van der Waals surface area contributed by atoms with Crippen molar-refractivity contribution in [1.82, 2.24) is 0 Å². The molecule has 0 aliphatic heterocycles. The Kier molecular flexibility index (Phi) is 7.57. The number of ketones is 1. The molecule has 0 aliphatic carbocycles. The highest BCUT2D eigenvalue weighted by molar-refractivity contribution is 5.78. The van der Waals surface area contributed by atoms with Crippen LogP contribution in [0.5, 0.6) is 11.5 Å². The second-order valence-electron chi connectivity index (χ2n) is 9.62. The van der Waals surface area contributed by atoms with Crippen LogP contribution in [-0.4, -0.2) is 12.9 Å². The van der Waals surface area contributed by atoms with Crippen molar-refractivity contribution in [3.05, 3.63) is 83.2 Å². The standard InChI is InChI=1S/C29H33FO3/c1-19(20(2)31)15-21-7-10-23(11-8-21)33-18-22-9-13-27(29(3,4)5)25(16-22)26-17-24(32-6)12-14-28(26)30/h7-14,16-17,19H,15,18H2,1-6H3/t19-/m1/s1. The molecule has 0 unspecified atom stereocenters. The normalized spacial score (nSPS) is 12.3. The number of carbonyl (C=O) groups is 1. The topological polar surface area (TPSA) is 35.5 Å². The van der Waals surface area contributed by atoms with E-state index in [-0.39, 0.29) is 22.9 Å². The van der Waals surface area contributed by atoms with Crippen LogP contribution in [0.3, 0.4) is 0 Å². The first kappa shape index (κ1) is 24.5. The number of rotatable bonds is 8. The highest BCUT2D eigenvalue weighted by Gasteiger charge is 2.21. The second-order valence-corrected chi connectivity index (χ2v) is 9.62. The Hall–Kier alpha value is -3.14. The number of Topliss-reactive ketones (excluding diaryl/α,β-unsaturated/α-hetero) is 1. The minimum Gasteiger partial charge on any atom is -0.497 e. The summed E-state index contributed by atoms with van der Waals surface area (Å²) >= 11 is 0. The number of benzene rings is 3. The minimum absolute atomic E-state index is 0.00789. The second kappa shape index (κ2) is 10.2. The van der Waals surface area contributed by atoms with Crippen LogP contribution in [0.2, 0.25) is 0 Å². The lowest BCUT2D eigenvalue weighted by Crippen LogP contribution is -2.13. The van der Waals surface area contributed by atoms with Crippen LogP contribution in [0.4, 0.5) is 4.39 Å². The zero-order chi connectivity index (χ0) is 24.2. The third kappa shape index (κ3) is 6.22. The number of methoxy groups -OCH3 is 1. The van der Waals surface area contributed by atoms with Crippen LogP contribution < -0.4 is 9.47 Å². The van der Waals surface area contributed by atoms with Gasteiger partial charge in [-0.05, 0) is 77.4 Å². The summed E-state index contributed by atoms with van der Waals surface area (Å²) in [6.07, 6.45) is 0.722. The smallest absolute Gasteiger partial charge is 0.132 e. The highest BCUT2D eigenvalue weighted by atomic mass is 19.1. The fourth-order valence-electron chi connectivity index (χ4n) is 3.78. The molecule has 1 atom stereocenters. The number of carbonyl (C=O) groups excluding carboxylic acids is 1. The van der Waals surface area contributed by atoms with Gasteiger partial charge in [0.05, 0.1) is 7.11 Å². The first-order chi connectivity index (χ1) is 15.6. The Bertz CT molecular complexity index is 1110. The molecule has 0 bridgehead atoms. The first-order valence-corrected chi connectivity index (χ1v) is 11.3. The van der Waals surface area contributed by atoms with Gasteiger partial charge < -0.3 is 9.47 Å². The molecule has 3 aromatic rings. The van der Waals surface area contributed by atoms with Gasteiger partial charge in [0.15, 0.2) is 0 Å². The Morgan fingerprint density at radius 2 is 1.55 bits per heavy atom. The first-order valence-electron chi connectivity index (χ1n) is 11.3. The average molecular weight is 449 g/mol. The molecule has 0 heterocycles. The maximum absolute atomic E-state index is 14.8. The van der Waals surface area contributed by atoms with E-state index < -0.39 is 0 Å². The molecule has 0 saturated carbocycles. The van der Waals surface area contributed by atoms with Crippen molar-refractivity contribution >= 4 is 5.78 Å². The average Bonchev–Trinajstić information content (AvgIpc) is 2.78. The van der Waals surface area contributed by atoms with E-state index in [4.69, 9.17) is 9.47 Å². The van der Waals surface area contributed by atoms with Gasteiger partial charge in [0.2, 0.25) is 0 Å². The summed E-state index contributed by atoms with van der Waals surface area (Å²) < 4.78 is 26.1. The third-order valence-electron chi connectivity index (χ3n) is 5.92. The molecule has 0 amide bonds. The molecule has 0 radical (unpaired) electrons. The Labute approximate surface area is 196 Å². The zero-order valence-corrected chi connectivity index (χ0v) is 20.4. The number of halogens is 1. The molecular weight excluding hydrogens is 415 g/mol. The SMILES string of the molecule is COc1ccc(F)c(-c2cc(COc3ccc(C[C@@H](C)C(C)=O)cc3)ccc2C(C)(C)C)c1. The molecule has 0 N–H and O–H groups in total. The van der Waals surface area contributed by atoms with Gasteiger partial charge in [-0.25, -0.2) is 4.39 Å². The van der Waals surface area contributed by atoms with Gasteiger partial charge in [0.1, 0.15) is 29.7 Å². The van der Waals surface area contributed by atoms with Crippen molar-refractivity contribution in [2.75, 3.05) is 7.11 Å². The molecule has 3 rings (SSSR count). The van der Waals surface area contributed by atoms with Crippen LogP contribution in [0.15, 0.2) is 60.7 Å². The molecule has 4 heteroatoms. The van der Waals surface area contributed by atoms with Crippen molar-refractivity contribution in [2.45, 2.75) is 53.1 Å². The summed E-state index contributed by atoms with van der Waals surface area (Å²) in [6.45, 7) is 10.3. The van der Waals surface area contributed by atoms with Crippen LogP contribution in [0.1, 0.15) is 51.3 Å². The van der Waals surface area contributed by atoms with Crippen molar-refractivity contribution < 1.29 is 18.7 Å². The Balaban J connectivity index is 1.84. The van der Waals surface area contributed by atoms with E-state index >= 15 is 0 Å². The van der Waals surface area contributed by atoms with Crippen molar-refractivity contribution in [3.63, 3.8) is 0 Å². The molecular formula is C29H33FO3.